The van der Waals surface area contributed by atoms with E-state index in [1.54, 1.807) is 20.4 Å². The van der Waals surface area contributed by atoms with Crippen LogP contribution in [0.25, 0.3) is 0 Å². The van der Waals surface area contributed by atoms with Crippen LogP contribution in [0.2, 0.25) is 0 Å². The number of nitrogens with zero attached hydrogens (tertiary/aromatic N) is 1. The van der Waals surface area contributed by atoms with Crippen molar-refractivity contribution in [1.82, 2.24) is 10.3 Å². The van der Waals surface area contributed by atoms with Gasteiger partial charge in [-0.1, -0.05) is 20.8 Å². The van der Waals surface area contributed by atoms with Gasteiger partial charge in [0.2, 0.25) is 0 Å². The summed E-state index contributed by atoms with van der Waals surface area (Å²) >= 11 is 0. The number of rotatable bonds is 8. The molecule has 1 heterocycles. The van der Waals surface area contributed by atoms with Crippen molar-refractivity contribution in [2.45, 2.75) is 52.1 Å². The molecular weight excluding hydrogens is 240 g/mol. The number of nitrogens with one attached hydrogen (secondary N) is 1. The van der Waals surface area contributed by atoms with E-state index < -0.39 is 0 Å². The van der Waals surface area contributed by atoms with Crippen molar-refractivity contribution in [2.75, 3.05) is 14.2 Å². The summed E-state index contributed by atoms with van der Waals surface area (Å²) in [4.78, 5) is 4.40. The molecule has 108 valence electrons. The first-order valence-electron chi connectivity index (χ1n) is 6.97. The standard InChI is InChI=1S/C15H26N2O2/c1-6-15(7-2,8-3)17-11-12-14(19-5)13(18-4)9-10-16-12/h9-10,17H,6-8,11H2,1-5H3. The van der Waals surface area contributed by atoms with E-state index in [0.29, 0.717) is 6.54 Å². The molecule has 0 aliphatic rings. The van der Waals surface area contributed by atoms with Gasteiger partial charge in [-0.15, -0.1) is 0 Å². The van der Waals surface area contributed by atoms with Gasteiger partial charge in [0.25, 0.3) is 0 Å². The fourth-order valence-corrected chi connectivity index (χ4v) is 2.37. The van der Waals surface area contributed by atoms with E-state index in [1.807, 2.05) is 6.07 Å². The summed E-state index contributed by atoms with van der Waals surface area (Å²) in [6, 6.07) is 1.81. The molecular formula is C15H26N2O2. The van der Waals surface area contributed by atoms with Crippen molar-refractivity contribution in [3.8, 4) is 11.5 Å². The molecule has 0 fully saturated rings. The normalized spacial score (nSPS) is 11.4. The number of hydrogen-bond acceptors (Lipinski definition) is 4. The van der Waals surface area contributed by atoms with Crippen molar-refractivity contribution in [3.63, 3.8) is 0 Å². The number of hydrogen-bond donors (Lipinski definition) is 1. The average Bonchev–Trinajstić information content (AvgIpc) is 2.48. The second-order valence-electron chi connectivity index (χ2n) is 4.69. The summed E-state index contributed by atoms with van der Waals surface area (Å²) in [5.74, 6) is 1.44. The molecule has 0 aliphatic heterocycles. The number of aromatic nitrogens is 1. The van der Waals surface area contributed by atoms with Crippen molar-refractivity contribution in [3.05, 3.63) is 18.0 Å². The van der Waals surface area contributed by atoms with Crippen LogP contribution in [0.5, 0.6) is 11.5 Å². The monoisotopic (exact) mass is 266 g/mol. The van der Waals surface area contributed by atoms with E-state index in [4.69, 9.17) is 9.47 Å². The Kier molecular flexibility index (Phi) is 6.09. The molecule has 1 N–H and O–H groups in total. The third-order valence-corrected chi connectivity index (χ3v) is 4.03. The molecule has 0 unspecified atom stereocenters. The van der Waals surface area contributed by atoms with Crippen LogP contribution < -0.4 is 14.8 Å². The SMILES string of the molecule is CCC(CC)(CC)NCc1nccc(OC)c1OC. The zero-order valence-corrected chi connectivity index (χ0v) is 12.7. The summed E-state index contributed by atoms with van der Waals surface area (Å²) in [6.07, 6.45) is 5.06. The van der Waals surface area contributed by atoms with Gasteiger partial charge in [0.1, 0.15) is 0 Å². The van der Waals surface area contributed by atoms with Crippen molar-refractivity contribution >= 4 is 0 Å². The molecule has 4 heteroatoms. The van der Waals surface area contributed by atoms with E-state index in [1.165, 1.54) is 0 Å². The van der Waals surface area contributed by atoms with Crippen LogP contribution in [0, 0.1) is 0 Å². The average molecular weight is 266 g/mol. The fourth-order valence-electron chi connectivity index (χ4n) is 2.37. The predicted molar refractivity (Wildman–Crippen MR) is 77.8 cm³/mol. The first-order chi connectivity index (χ1) is 9.16. The third-order valence-electron chi connectivity index (χ3n) is 4.03. The molecule has 1 rings (SSSR count). The van der Waals surface area contributed by atoms with Gasteiger partial charge in [-0.3, -0.25) is 4.98 Å². The molecule has 1 aromatic heterocycles. The molecule has 0 spiro atoms. The lowest BCUT2D eigenvalue weighted by atomic mass is 9.90. The van der Waals surface area contributed by atoms with Crippen LogP contribution in [-0.2, 0) is 6.54 Å². The highest BCUT2D eigenvalue weighted by molar-refractivity contribution is 5.42. The van der Waals surface area contributed by atoms with Crippen molar-refractivity contribution < 1.29 is 9.47 Å². The van der Waals surface area contributed by atoms with Gasteiger partial charge in [-0.25, -0.2) is 0 Å². The van der Waals surface area contributed by atoms with Gasteiger partial charge in [-0.2, -0.15) is 0 Å². The summed E-state index contributed by atoms with van der Waals surface area (Å²) in [5.41, 5.74) is 1.07. The van der Waals surface area contributed by atoms with E-state index in [0.717, 1.165) is 36.5 Å². The van der Waals surface area contributed by atoms with Gasteiger partial charge in [0, 0.05) is 24.3 Å². The van der Waals surface area contributed by atoms with E-state index >= 15 is 0 Å². The Bertz CT molecular complexity index is 381. The Hall–Kier alpha value is -1.29. The Morgan fingerprint density at radius 1 is 1.11 bits per heavy atom. The van der Waals surface area contributed by atoms with E-state index in [2.05, 4.69) is 31.1 Å². The zero-order chi connectivity index (χ0) is 14.3. The van der Waals surface area contributed by atoms with E-state index in [9.17, 15) is 0 Å². The number of methoxy groups -OCH3 is 2. The largest absolute Gasteiger partial charge is 0.493 e. The molecule has 0 radical (unpaired) electrons. The van der Waals surface area contributed by atoms with Crippen LogP contribution in [0.4, 0.5) is 0 Å². The topological polar surface area (TPSA) is 43.4 Å². The Balaban J connectivity index is 2.88. The third kappa shape index (κ3) is 3.60. The Morgan fingerprint density at radius 2 is 1.74 bits per heavy atom. The maximum absolute atomic E-state index is 5.41. The minimum Gasteiger partial charge on any atom is -0.493 e. The number of pyridine rings is 1. The quantitative estimate of drug-likeness (QED) is 0.785. The van der Waals surface area contributed by atoms with Crippen LogP contribution in [0.15, 0.2) is 12.3 Å². The molecule has 1 aromatic rings. The van der Waals surface area contributed by atoms with Gasteiger partial charge >= 0.3 is 0 Å². The summed E-state index contributed by atoms with van der Waals surface area (Å²) in [7, 11) is 3.29. The molecule has 19 heavy (non-hydrogen) atoms. The van der Waals surface area contributed by atoms with Gasteiger partial charge < -0.3 is 14.8 Å². The van der Waals surface area contributed by atoms with E-state index in [-0.39, 0.29) is 5.54 Å². The van der Waals surface area contributed by atoms with Crippen LogP contribution in [0.1, 0.15) is 45.7 Å². The molecule has 0 saturated carbocycles. The minimum absolute atomic E-state index is 0.176. The Labute approximate surface area is 116 Å². The molecule has 0 aliphatic carbocycles. The first kappa shape index (κ1) is 15.8. The predicted octanol–water partition coefficient (Wildman–Crippen LogP) is 3.16. The van der Waals surface area contributed by atoms with Crippen molar-refractivity contribution in [1.29, 1.82) is 0 Å². The molecule has 0 aromatic carbocycles. The lowest BCUT2D eigenvalue weighted by Gasteiger charge is -2.32. The summed E-state index contributed by atoms with van der Waals surface area (Å²) in [6.45, 7) is 7.35. The zero-order valence-electron chi connectivity index (χ0n) is 12.7. The second-order valence-corrected chi connectivity index (χ2v) is 4.69. The maximum atomic E-state index is 5.41. The highest BCUT2D eigenvalue weighted by Gasteiger charge is 2.24. The lowest BCUT2D eigenvalue weighted by molar-refractivity contribution is 0.282. The van der Waals surface area contributed by atoms with Crippen LogP contribution in [0.3, 0.4) is 0 Å². The fraction of sp³-hybridized carbons (Fsp3) is 0.667. The maximum Gasteiger partial charge on any atom is 0.183 e. The van der Waals surface area contributed by atoms with Gasteiger partial charge in [-0.05, 0) is 19.3 Å². The second kappa shape index (κ2) is 7.34. The molecule has 0 bridgehead atoms. The van der Waals surface area contributed by atoms with Gasteiger partial charge in [0.15, 0.2) is 11.5 Å². The highest BCUT2D eigenvalue weighted by Crippen LogP contribution is 2.29. The minimum atomic E-state index is 0.176. The van der Waals surface area contributed by atoms with Crippen LogP contribution in [-0.4, -0.2) is 24.7 Å². The Morgan fingerprint density at radius 3 is 2.21 bits per heavy atom. The molecule has 4 nitrogen and oxygen atoms in total. The summed E-state index contributed by atoms with van der Waals surface area (Å²) in [5, 5.41) is 3.63. The first-order valence-corrected chi connectivity index (χ1v) is 6.97. The van der Waals surface area contributed by atoms with Crippen molar-refractivity contribution in [2.24, 2.45) is 0 Å². The molecule has 0 saturated heterocycles. The highest BCUT2D eigenvalue weighted by atomic mass is 16.5. The van der Waals surface area contributed by atoms with Gasteiger partial charge in [0.05, 0.1) is 19.9 Å². The lowest BCUT2D eigenvalue weighted by Crippen LogP contribution is -2.43. The number of ether oxygens (including phenoxy) is 2. The summed E-state index contributed by atoms with van der Waals surface area (Å²) < 4.78 is 10.7. The smallest absolute Gasteiger partial charge is 0.183 e. The molecule has 0 atom stereocenters. The molecule has 0 amide bonds. The van der Waals surface area contributed by atoms with Crippen LogP contribution >= 0.6 is 0 Å².